The molecule has 54 valence electrons. The second kappa shape index (κ2) is 3.46. The van der Waals surface area contributed by atoms with Crippen LogP contribution in [-0.4, -0.2) is 11.1 Å². The van der Waals surface area contributed by atoms with Crippen LogP contribution in [0.1, 0.15) is 0 Å². The number of rotatable bonds is 2. The lowest BCUT2D eigenvalue weighted by atomic mass is 10.3. The van der Waals surface area contributed by atoms with Crippen LogP contribution in [0.3, 0.4) is 0 Å². The third kappa shape index (κ3) is 1.64. The molecule has 1 rings (SSSR count). The molecule has 0 radical (unpaired) electrons. The van der Waals surface area contributed by atoms with Crippen molar-refractivity contribution < 1.29 is 9.50 Å². The van der Waals surface area contributed by atoms with E-state index in [1.54, 1.807) is 18.2 Å². The molecular formula is C7H7FOS. The molecule has 0 bridgehead atoms. The van der Waals surface area contributed by atoms with Gasteiger partial charge in [0.1, 0.15) is 11.8 Å². The molecule has 0 unspecified atom stereocenters. The molecule has 3 heteroatoms. The number of alkyl halides is 1. The lowest BCUT2D eigenvalue weighted by Gasteiger charge is -1.97. The summed E-state index contributed by atoms with van der Waals surface area (Å²) in [5.74, 6) is 0.144. The summed E-state index contributed by atoms with van der Waals surface area (Å²) in [4.78, 5) is 0.588. The predicted octanol–water partition coefficient (Wildman–Crippen LogP) is 2.41. The second-order valence-corrected chi connectivity index (χ2v) is 2.67. The molecule has 1 nitrogen and oxygen atoms in total. The van der Waals surface area contributed by atoms with Crippen molar-refractivity contribution >= 4 is 11.8 Å². The molecule has 0 aromatic heterocycles. The van der Waals surface area contributed by atoms with Gasteiger partial charge < -0.3 is 5.11 Å². The lowest BCUT2D eigenvalue weighted by molar-refractivity contribution is 0.462. The molecule has 0 spiro atoms. The Morgan fingerprint density at radius 1 is 1.40 bits per heavy atom. The third-order valence-electron chi connectivity index (χ3n) is 1.08. The van der Waals surface area contributed by atoms with Gasteiger partial charge in [0.05, 0.1) is 4.90 Å². The van der Waals surface area contributed by atoms with E-state index in [-0.39, 0.29) is 5.75 Å². The molecule has 0 heterocycles. The Balaban J connectivity index is 2.81. The van der Waals surface area contributed by atoms with Gasteiger partial charge in [-0.05, 0) is 12.1 Å². The predicted molar refractivity (Wildman–Crippen MR) is 39.9 cm³/mol. The number of phenols is 1. The van der Waals surface area contributed by atoms with Crippen molar-refractivity contribution in [1.82, 2.24) is 0 Å². The van der Waals surface area contributed by atoms with E-state index in [1.807, 2.05) is 0 Å². The van der Waals surface area contributed by atoms with Crippen LogP contribution in [0.4, 0.5) is 4.39 Å². The van der Waals surface area contributed by atoms with Crippen molar-refractivity contribution in [3.05, 3.63) is 24.3 Å². The van der Waals surface area contributed by atoms with E-state index in [4.69, 9.17) is 5.11 Å². The lowest BCUT2D eigenvalue weighted by Crippen LogP contribution is -1.71. The summed E-state index contributed by atoms with van der Waals surface area (Å²) >= 11 is 0.985. The van der Waals surface area contributed by atoms with Crippen molar-refractivity contribution in [2.75, 3.05) is 6.01 Å². The topological polar surface area (TPSA) is 20.2 Å². The highest BCUT2D eigenvalue weighted by atomic mass is 32.2. The van der Waals surface area contributed by atoms with Crippen LogP contribution in [0.15, 0.2) is 29.2 Å². The SMILES string of the molecule is Oc1ccccc1SCF. The fourth-order valence-corrected chi connectivity index (χ4v) is 1.15. The van der Waals surface area contributed by atoms with Gasteiger partial charge in [-0.1, -0.05) is 23.9 Å². The average Bonchev–Trinajstić information content (AvgIpc) is 1.94. The van der Waals surface area contributed by atoms with Crippen molar-refractivity contribution in [3.63, 3.8) is 0 Å². The molecule has 10 heavy (non-hydrogen) atoms. The first-order chi connectivity index (χ1) is 4.84. The molecular weight excluding hydrogens is 151 g/mol. The summed E-state index contributed by atoms with van der Waals surface area (Å²) in [5.41, 5.74) is 0. The van der Waals surface area contributed by atoms with Crippen LogP contribution < -0.4 is 0 Å². The second-order valence-electron chi connectivity index (χ2n) is 1.72. The highest BCUT2D eigenvalue weighted by Crippen LogP contribution is 2.27. The molecule has 0 amide bonds. The first-order valence-electron chi connectivity index (χ1n) is 2.81. The molecule has 0 saturated carbocycles. The van der Waals surface area contributed by atoms with E-state index in [1.165, 1.54) is 6.07 Å². The van der Waals surface area contributed by atoms with E-state index in [0.717, 1.165) is 11.8 Å². The molecule has 0 aliphatic carbocycles. The largest absolute Gasteiger partial charge is 0.507 e. The normalized spacial score (nSPS) is 9.70. The molecule has 0 aliphatic heterocycles. The summed E-state index contributed by atoms with van der Waals surface area (Å²) in [5, 5.41) is 9.05. The highest BCUT2D eigenvalue weighted by Gasteiger charge is 1.97. The molecule has 1 aromatic rings. The number of phenolic OH excluding ortho intramolecular Hbond substituents is 1. The Bertz CT molecular complexity index is 215. The van der Waals surface area contributed by atoms with Gasteiger partial charge in [0.15, 0.2) is 0 Å². The Kier molecular flexibility index (Phi) is 2.57. The van der Waals surface area contributed by atoms with Gasteiger partial charge in [-0.3, -0.25) is 0 Å². The fourth-order valence-electron chi connectivity index (χ4n) is 0.638. The van der Waals surface area contributed by atoms with Gasteiger partial charge in [-0.2, -0.15) is 0 Å². The van der Waals surface area contributed by atoms with Crippen LogP contribution in [0, 0.1) is 0 Å². The van der Waals surface area contributed by atoms with Gasteiger partial charge >= 0.3 is 0 Å². The molecule has 1 N–H and O–H groups in total. The van der Waals surface area contributed by atoms with Gasteiger partial charge in [-0.25, -0.2) is 4.39 Å². The minimum absolute atomic E-state index is 0.144. The maximum Gasteiger partial charge on any atom is 0.140 e. The Morgan fingerprint density at radius 2 is 2.10 bits per heavy atom. The van der Waals surface area contributed by atoms with Crippen molar-refractivity contribution in [1.29, 1.82) is 0 Å². The van der Waals surface area contributed by atoms with Crippen LogP contribution in [0.25, 0.3) is 0 Å². The van der Waals surface area contributed by atoms with Crippen molar-refractivity contribution in [3.8, 4) is 5.75 Å². The van der Waals surface area contributed by atoms with Crippen LogP contribution in [0.5, 0.6) is 5.75 Å². The zero-order chi connectivity index (χ0) is 7.40. The van der Waals surface area contributed by atoms with Crippen molar-refractivity contribution in [2.24, 2.45) is 0 Å². The molecule has 0 saturated heterocycles. The maximum atomic E-state index is 11.7. The average molecular weight is 158 g/mol. The third-order valence-corrected chi connectivity index (χ3v) is 1.84. The van der Waals surface area contributed by atoms with Gasteiger partial charge in [0.25, 0.3) is 0 Å². The standard InChI is InChI=1S/C7H7FOS/c8-5-10-7-4-2-1-3-6(7)9/h1-4,9H,5H2. The monoisotopic (exact) mass is 158 g/mol. The number of thioether (sulfide) groups is 1. The molecule has 0 aliphatic rings. The first kappa shape index (κ1) is 7.41. The van der Waals surface area contributed by atoms with Crippen LogP contribution >= 0.6 is 11.8 Å². The summed E-state index contributed by atoms with van der Waals surface area (Å²) < 4.78 is 11.7. The Hall–Kier alpha value is -0.700. The quantitative estimate of drug-likeness (QED) is 0.667. The number of hydrogen-bond donors (Lipinski definition) is 1. The summed E-state index contributed by atoms with van der Waals surface area (Å²) in [7, 11) is 0. The summed E-state index contributed by atoms with van der Waals surface area (Å²) in [6.07, 6.45) is 0. The van der Waals surface area contributed by atoms with Gasteiger partial charge in [0, 0.05) is 0 Å². The maximum absolute atomic E-state index is 11.7. The fraction of sp³-hybridized carbons (Fsp3) is 0.143. The minimum atomic E-state index is -0.502. The number of benzene rings is 1. The first-order valence-corrected chi connectivity index (χ1v) is 3.80. The molecule has 0 fully saturated rings. The molecule has 0 atom stereocenters. The van der Waals surface area contributed by atoms with Crippen LogP contribution in [0.2, 0.25) is 0 Å². The number of aromatic hydroxyl groups is 1. The van der Waals surface area contributed by atoms with E-state index in [0.29, 0.717) is 4.90 Å². The summed E-state index contributed by atoms with van der Waals surface area (Å²) in [6, 6.07) is 6.19. The Labute approximate surface area is 62.9 Å². The van der Waals surface area contributed by atoms with E-state index >= 15 is 0 Å². The zero-order valence-corrected chi connectivity index (χ0v) is 6.07. The van der Waals surface area contributed by atoms with E-state index in [9.17, 15) is 4.39 Å². The smallest absolute Gasteiger partial charge is 0.140 e. The Morgan fingerprint density at radius 3 is 2.70 bits per heavy atom. The number of halogens is 1. The van der Waals surface area contributed by atoms with E-state index in [2.05, 4.69) is 0 Å². The van der Waals surface area contributed by atoms with E-state index < -0.39 is 6.01 Å². The zero-order valence-electron chi connectivity index (χ0n) is 5.25. The van der Waals surface area contributed by atoms with Crippen LogP contribution in [-0.2, 0) is 0 Å². The highest BCUT2D eigenvalue weighted by molar-refractivity contribution is 7.99. The minimum Gasteiger partial charge on any atom is -0.507 e. The van der Waals surface area contributed by atoms with Crippen molar-refractivity contribution in [2.45, 2.75) is 4.90 Å². The molecule has 1 aromatic carbocycles. The van der Waals surface area contributed by atoms with Gasteiger partial charge in [-0.15, -0.1) is 0 Å². The van der Waals surface area contributed by atoms with Gasteiger partial charge in [0.2, 0.25) is 0 Å². The number of para-hydroxylation sites is 1. The number of hydrogen-bond acceptors (Lipinski definition) is 2. The summed E-state index contributed by atoms with van der Waals surface area (Å²) in [6.45, 7) is 0.